The second kappa shape index (κ2) is 7.44. The summed E-state index contributed by atoms with van der Waals surface area (Å²) in [4.78, 5) is 20.4. The van der Waals surface area contributed by atoms with Crippen LogP contribution < -0.4 is 20.1 Å². The molecule has 0 atom stereocenters. The number of ether oxygens (including phenoxy) is 2. The summed E-state index contributed by atoms with van der Waals surface area (Å²) in [6, 6.07) is 7.05. The molecular formula is C16H20N4O3. The van der Waals surface area contributed by atoms with Crippen LogP contribution in [0.1, 0.15) is 18.3 Å². The third kappa shape index (κ3) is 4.32. The van der Waals surface area contributed by atoms with Gasteiger partial charge in [0, 0.05) is 5.69 Å². The number of urea groups is 1. The SMILES string of the molecule is CCOc1ccc(NC(=O)Nc2c(C)nc(OC)nc2C)cc1. The second-order valence-corrected chi connectivity index (χ2v) is 4.79. The number of methoxy groups -OCH3 is 1. The lowest BCUT2D eigenvalue weighted by molar-refractivity contribution is 0.262. The van der Waals surface area contributed by atoms with Crippen molar-refractivity contribution in [1.29, 1.82) is 0 Å². The van der Waals surface area contributed by atoms with E-state index in [2.05, 4.69) is 20.6 Å². The van der Waals surface area contributed by atoms with Gasteiger partial charge in [0.25, 0.3) is 0 Å². The van der Waals surface area contributed by atoms with Crippen molar-refractivity contribution in [2.24, 2.45) is 0 Å². The molecule has 0 aliphatic carbocycles. The van der Waals surface area contributed by atoms with Gasteiger partial charge in [0.1, 0.15) is 5.75 Å². The van der Waals surface area contributed by atoms with Crippen molar-refractivity contribution in [1.82, 2.24) is 9.97 Å². The molecule has 2 amide bonds. The van der Waals surface area contributed by atoms with Gasteiger partial charge < -0.3 is 20.1 Å². The summed E-state index contributed by atoms with van der Waals surface area (Å²) in [7, 11) is 1.50. The zero-order valence-electron chi connectivity index (χ0n) is 13.6. The van der Waals surface area contributed by atoms with Crippen LogP contribution in [0.4, 0.5) is 16.2 Å². The van der Waals surface area contributed by atoms with E-state index in [1.807, 2.05) is 6.92 Å². The maximum absolute atomic E-state index is 12.1. The monoisotopic (exact) mass is 316 g/mol. The van der Waals surface area contributed by atoms with Gasteiger partial charge in [0.05, 0.1) is 30.8 Å². The minimum atomic E-state index is -0.367. The summed E-state index contributed by atoms with van der Waals surface area (Å²) in [5.41, 5.74) is 2.50. The number of carbonyl (C=O) groups is 1. The quantitative estimate of drug-likeness (QED) is 0.885. The number of hydrogen-bond donors (Lipinski definition) is 2. The van der Waals surface area contributed by atoms with Crippen LogP contribution in [0, 0.1) is 13.8 Å². The van der Waals surface area contributed by atoms with Gasteiger partial charge in [0.2, 0.25) is 0 Å². The minimum Gasteiger partial charge on any atom is -0.494 e. The Labute approximate surface area is 135 Å². The van der Waals surface area contributed by atoms with Gasteiger partial charge in [-0.25, -0.2) is 4.79 Å². The molecule has 0 aliphatic heterocycles. The number of rotatable bonds is 5. The topological polar surface area (TPSA) is 85.4 Å². The van der Waals surface area contributed by atoms with Crippen molar-refractivity contribution < 1.29 is 14.3 Å². The van der Waals surface area contributed by atoms with E-state index in [4.69, 9.17) is 9.47 Å². The fraction of sp³-hybridized carbons (Fsp3) is 0.312. The maximum Gasteiger partial charge on any atom is 0.323 e. The first-order chi connectivity index (χ1) is 11.0. The Hall–Kier alpha value is -2.83. The number of nitrogens with zero attached hydrogens (tertiary/aromatic N) is 2. The Morgan fingerprint density at radius 3 is 2.22 bits per heavy atom. The van der Waals surface area contributed by atoms with Gasteiger partial charge >= 0.3 is 12.0 Å². The Kier molecular flexibility index (Phi) is 5.35. The molecule has 7 heteroatoms. The summed E-state index contributed by atoms with van der Waals surface area (Å²) >= 11 is 0. The van der Waals surface area contributed by atoms with Gasteiger partial charge in [-0.1, -0.05) is 0 Å². The van der Waals surface area contributed by atoms with Crippen molar-refractivity contribution >= 4 is 17.4 Å². The van der Waals surface area contributed by atoms with Crippen LogP contribution >= 0.6 is 0 Å². The predicted molar refractivity (Wildman–Crippen MR) is 88.3 cm³/mol. The number of aryl methyl sites for hydroxylation is 2. The van der Waals surface area contributed by atoms with Crippen LogP contribution in [-0.4, -0.2) is 29.7 Å². The van der Waals surface area contributed by atoms with Crippen LogP contribution in [-0.2, 0) is 0 Å². The third-order valence-electron chi connectivity index (χ3n) is 3.09. The molecule has 2 N–H and O–H groups in total. The summed E-state index contributed by atoms with van der Waals surface area (Å²) in [5, 5.41) is 5.51. The standard InChI is InChI=1S/C16H20N4O3/c1-5-23-13-8-6-12(7-9-13)19-15(21)20-14-10(2)17-16(22-4)18-11(14)3/h6-9H,5H2,1-4H3,(H2,19,20,21). The smallest absolute Gasteiger partial charge is 0.323 e. The number of nitrogens with one attached hydrogen (secondary N) is 2. The minimum absolute atomic E-state index is 0.275. The van der Waals surface area contributed by atoms with E-state index in [0.717, 1.165) is 5.75 Å². The molecule has 0 unspecified atom stereocenters. The highest BCUT2D eigenvalue weighted by Crippen LogP contribution is 2.20. The Morgan fingerprint density at radius 1 is 1.09 bits per heavy atom. The zero-order valence-corrected chi connectivity index (χ0v) is 13.6. The van der Waals surface area contributed by atoms with Crippen LogP contribution in [0.25, 0.3) is 0 Å². The molecule has 7 nitrogen and oxygen atoms in total. The first-order valence-electron chi connectivity index (χ1n) is 7.23. The molecule has 0 radical (unpaired) electrons. The van der Waals surface area contributed by atoms with Crippen molar-refractivity contribution in [2.45, 2.75) is 20.8 Å². The summed E-state index contributed by atoms with van der Waals surface area (Å²) in [6.07, 6.45) is 0. The van der Waals surface area contributed by atoms with E-state index in [1.165, 1.54) is 7.11 Å². The molecule has 23 heavy (non-hydrogen) atoms. The third-order valence-corrected chi connectivity index (χ3v) is 3.09. The maximum atomic E-state index is 12.1. The molecule has 1 aromatic heterocycles. The molecule has 122 valence electrons. The van der Waals surface area contributed by atoms with Crippen molar-refractivity contribution in [2.75, 3.05) is 24.4 Å². The van der Waals surface area contributed by atoms with Gasteiger partial charge in [0.15, 0.2) is 0 Å². The molecule has 0 aliphatic rings. The molecule has 1 heterocycles. The predicted octanol–water partition coefficient (Wildman–Crippen LogP) is 3.14. The highest BCUT2D eigenvalue weighted by molar-refractivity contribution is 6.00. The number of amides is 2. The molecule has 2 rings (SSSR count). The molecule has 0 saturated heterocycles. The average molecular weight is 316 g/mol. The fourth-order valence-electron chi connectivity index (χ4n) is 2.03. The summed E-state index contributed by atoms with van der Waals surface area (Å²) < 4.78 is 10.4. The number of aromatic nitrogens is 2. The first kappa shape index (κ1) is 16.5. The number of anilines is 2. The highest BCUT2D eigenvalue weighted by Gasteiger charge is 2.12. The van der Waals surface area contributed by atoms with E-state index in [1.54, 1.807) is 38.1 Å². The summed E-state index contributed by atoms with van der Waals surface area (Å²) in [6.45, 7) is 6.08. The molecule has 0 saturated carbocycles. The number of hydrogen-bond acceptors (Lipinski definition) is 5. The normalized spacial score (nSPS) is 10.1. The van der Waals surface area contributed by atoms with E-state index >= 15 is 0 Å². The molecule has 0 bridgehead atoms. The summed E-state index contributed by atoms with van der Waals surface area (Å²) in [5.74, 6) is 0.758. The highest BCUT2D eigenvalue weighted by atomic mass is 16.5. The van der Waals surface area contributed by atoms with Crippen molar-refractivity contribution in [3.63, 3.8) is 0 Å². The number of benzene rings is 1. The zero-order chi connectivity index (χ0) is 16.8. The Bertz CT molecular complexity index is 663. The fourth-order valence-corrected chi connectivity index (χ4v) is 2.03. The van der Waals surface area contributed by atoms with E-state index < -0.39 is 0 Å². The average Bonchev–Trinajstić information content (AvgIpc) is 2.53. The van der Waals surface area contributed by atoms with Gasteiger partial charge in [-0.3, -0.25) is 0 Å². The van der Waals surface area contributed by atoms with Crippen LogP contribution in [0.3, 0.4) is 0 Å². The van der Waals surface area contributed by atoms with Crippen molar-refractivity contribution in [3.05, 3.63) is 35.7 Å². The van der Waals surface area contributed by atoms with Gasteiger partial charge in [-0.05, 0) is 45.0 Å². The lowest BCUT2D eigenvalue weighted by atomic mass is 10.3. The lowest BCUT2D eigenvalue weighted by Crippen LogP contribution is -2.21. The van der Waals surface area contributed by atoms with E-state index in [-0.39, 0.29) is 12.0 Å². The number of carbonyl (C=O) groups excluding carboxylic acids is 1. The molecule has 0 spiro atoms. The molecule has 2 aromatic rings. The van der Waals surface area contributed by atoms with Crippen molar-refractivity contribution in [3.8, 4) is 11.8 Å². The van der Waals surface area contributed by atoms with Crippen LogP contribution in [0.5, 0.6) is 11.8 Å². The molecule has 0 fully saturated rings. The Morgan fingerprint density at radius 2 is 1.70 bits per heavy atom. The van der Waals surface area contributed by atoms with Gasteiger partial charge in [-0.2, -0.15) is 9.97 Å². The lowest BCUT2D eigenvalue weighted by Gasteiger charge is -2.12. The van der Waals surface area contributed by atoms with Crippen LogP contribution in [0.2, 0.25) is 0 Å². The molecule has 1 aromatic carbocycles. The Balaban J connectivity index is 2.05. The largest absolute Gasteiger partial charge is 0.494 e. The van der Waals surface area contributed by atoms with E-state index in [9.17, 15) is 4.79 Å². The first-order valence-corrected chi connectivity index (χ1v) is 7.23. The van der Waals surface area contributed by atoms with E-state index in [0.29, 0.717) is 29.4 Å². The second-order valence-electron chi connectivity index (χ2n) is 4.79. The van der Waals surface area contributed by atoms with Gasteiger partial charge in [-0.15, -0.1) is 0 Å². The van der Waals surface area contributed by atoms with Crippen LogP contribution in [0.15, 0.2) is 24.3 Å². The molecular weight excluding hydrogens is 296 g/mol.